The van der Waals surface area contributed by atoms with E-state index in [-0.39, 0.29) is 17.7 Å². The van der Waals surface area contributed by atoms with E-state index < -0.39 is 10.8 Å². The molecule has 1 aliphatic rings. The number of nitrogens with zero attached hydrogens (tertiary/aromatic N) is 2. The number of piperidine rings is 1. The van der Waals surface area contributed by atoms with Gasteiger partial charge in [-0.15, -0.1) is 0 Å². The number of nitrogens with two attached hydrogens (primary N) is 1. The van der Waals surface area contributed by atoms with Crippen LogP contribution in [-0.4, -0.2) is 34.9 Å². The van der Waals surface area contributed by atoms with Crippen molar-refractivity contribution in [3.05, 3.63) is 28.0 Å². The minimum Gasteiger partial charge on any atom is -0.395 e. The number of carbonyl (C=O) groups is 1. The van der Waals surface area contributed by atoms with E-state index in [1.54, 1.807) is 4.90 Å². The maximum atomic E-state index is 12.2. The van der Waals surface area contributed by atoms with E-state index >= 15 is 0 Å². The Kier molecular flexibility index (Phi) is 3.61. The molecule has 2 heterocycles. The molecule has 2 rings (SSSR count). The van der Waals surface area contributed by atoms with Crippen molar-refractivity contribution in [1.82, 2.24) is 4.90 Å². The van der Waals surface area contributed by atoms with E-state index in [1.807, 2.05) is 0 Å². The number of rotatable bonds is 3. The molecule has 1 unspecified atom stereocenters. The molecule has 2 N–H and O–H groups in total. The molecule has 0 saturated carbocycles. The Balaban J connectivity index is 2.15. The Bertz CT molecular complexity index is 457. The van der Waals surface area contributed by atoms with E-state index in [9.17, 15) is 14.9 Å². The third-order valence-electron chi connectivity index (χ3n) is 3.14. The van der Waals surface area contributed by atoms with Crippen LogP contribution in [0.2, 0.25) is 0 Å². The molecule has 0 aromatic carbocycles. The molecular weight excluding hydrogens is 238 g/mol. The standard InChI is InChI=1S/C11H15N3O4/c12-7-8-3-1-2-6-13(8)11(15)9-4-5-10(18-9)14(16)17/h4-5,8H,1-3,6-7,12H2. The summed E-state index contributed by atoms with van der Waals surface area (Å²) in [5, 5.41) is 10.5. The van der Waals surface area contributed by atoms with E-state index in [2.05, 4.69) is 0 Å². The summed E-state index contributed by atoms with van der Waals surface area (Å²) in [6.45, 7) is 1.02. The summed E-state index contributed by atoms with van der Waals surface area (Å²) in [6.07, 6.45) is 2.83. The van der Waals surface area contributed by atoms with Gasteiger partial charge in [-0.2, -0.15) is 0 Å². The van der Waals surface area contributed by atoms with Gasteiger partial charge in [0.15, 0.2) is 5.76 Å². The normalized spacial score (nSPS) is 19.8. The largest absolute Gasteiger partial charge is 0.433 e. The lowest BCUT2D eigenvalue weighted by Gasteiger charge is -2.34. The van der Waals surface area contributed by atoms with Crippen LogP contribution in [0, 0.1) is 10.1 Å². The molecule has 1 aromatic rings. The first-order chi connectivity index (χ1) is 8.63. The minimum absolute atomic E-state index is 0.00190. The number of nitro groups is 1. The second kappa shape index (κ2) is 5.18. The molecule has 18 heavy (non-hydrogen) atoms. The zero-order valence-electron chi connectivity index (χ0n) is 9.87. The highest BCUT2D eigenvalue weighted by atomic mass is 16.6. The molecule has 7 nitrogen and oxygen atoms in total. The molecule has 1 aliphatic heterocycles. The third-order valence-corrected chi connectivity index (χ3v) is 3.14. The molecule has 1 amide bonds. The van der Waals surface area contributed by atoms with Crippen LogP contribution < -0.4 is 5.73 Å². The van der Waals surface area contributed by atoms with Gasteiger partial charge in [0.25, 0.3) is 5.91 Å². The maximum absolute atomic E-state index is 12.2. The highest BCUT2D eigenvalue weighted by molar-refractivity contribution is 5.92. The molecule has 0 aliphatic carbocycles. The first-order valence-corrected chi connectivity index (χ1v) is 5.88. The maximum Gasteiger partial charge on any atom is 0.433 e. The van der Waals surface area contributed by atoms with Crippen LogP contribution >= 0.6 is 0 Å². The molecule has 0 spiro atoms. The van der Waals surface area contributed by atoms with Crippen LogP contribution in [0.25, 0.3) is 0 Å². The van der Waals surface area contributed by atoms with E-state index in [0.29, 0.717) is 13.1 Å². The fourth-order valence-corrected chi connectivity index (χ4v) is 2.20. The van der Waals surface area contributed by atoms with E-state index in [4.69, 9.17) is 10.2 Å². The number of carbonyl (C=O) groups excluding carboxylic acids is 1. The Morgan fingerprint density at radius 1 is 1.56 bits per heavy atom. The molecule has 0 radical (unpaired) electrons. The van der Waals surface area contributed by atoms with Gasteiger partial charge >= 0.3 is 5.88 Å². The molecule has 1 saturated heterocycles. The molecule has 1 aromatic heterocycles. The highest BCUT2D eigenvalue weighted by Gasteiger charge is 2.29. The Hall–Kier alpha value is -1.89. The summed E-state index contributed by atoms with van der Waals surface area (Å²) < 4.78 is 4.92. The Labute approximate surface area is 104 Å². The smallest absolute Gasteiger partial charge is 0.395 e. The van der Waals surface area contributed by atoms with Crippen molar-refractivity contribution in [3.63, 3.8) is 0 Å². The quantitative estimate of drug-likeness (QED) is 0.642. The van der Waals surface area contributed by atoms with Crippen LogP contribution in [0.4, 0.5) is 5.88 Å². The molecule has 7 heteroatoms. The predicted octanol–water partition coefficient (Wildman–Crippen LogP) is 1.14. The van der Waals surface area contributed by atoms with Crippen LogP contribution in [0.15, 0.2) is 16.5 Å². The summed E-state index contributed by atoms with van der Waals surface area (Å²) in [7, 11) is 0. The predicted molar refractivity (Wildman–Crippen MR) is 63.1 cm³/mol. The van der Waals surface area contributed by atoms with Gasteiger partial charge in [-0.05, 0) is 25.3 Å². The Morgan fingerprint density at radius 3 is 2.94 bits per heavy atom. The number of likely N-dealkylation sites (tertiary alicyclic amines) is 1. The van der Waals surface area contributed by atoms with Crippen molar-refractivity contribution in [2.45, 2.75) is 25.3 Å². The van der Waals surface area contributed by atoms with Crippen molar-refractivity contribution in [2.75, 3.05) is 13.1 Å². The summed E-state index contributed by atoms with van der Waals surface area (Å²) in [6, 6.07) is 2.52. The first kappa shape index (κ1) is 12.6. The van der Waals surface area contributed by atoms with Gasteiger partial charge in [0.1, 0.15) is 4.92 Å². The van der Waals surface area contributed by atoms with E-state index in [0.717, 1.165) is 19.3 Å². The summed E-state index contributed by atoms with van der Waals surface area (Å²) in [5.74, 6) is -0.736. The summed E-state index contributed by atoms with van der Waals surface area (Å²) in [4.78, 5) is 23.6. The summed E-state index contributed by atoms with van der Waals surface area (Å²) >= 11 is 0. The molecular formula is C11H15N3O4. The van der Waals surface area contributed by atoms with Gasteiger partial charge in [-0.25, -0.2) is 0 Å². The van der Waals surface area contributed by atoms with Gasteiger partial charge in [-0.3, -0.25) is 14.9 Å². The lowest BCUT2D eigenvalue weighted by Crippen LogP contribution is -2.47. The molecule has 1 fully saturated rings. The Morgan fingerprint density at radius 2 is 2.33 bits per heavy atom. The van der Waals surface area contributed by atoms with Crippen LogP contribution in [0.5, 0.6) is 0 Å². The lowest BCUT2D eigenvalue weighted by molar-refractivity contribution is -0.402. The van der Waals surface area contributed by atoms with Crippen molar-refractivity contribution in [2.24, 2.45) is 5.73 Å². The average molecular weight is 253 g/mol. The SMILES string of the molecule is NCC1CCCCN1C(=O)c1ccc([N+](=O)[O-])o1. The zero-order chi connectivity index (χ0) is 13.1. The minimum atomic E-state index is -0.659. The number of hydrogen-bond acceptors (Lipinski definition) is 5. The van der Waals surface area contributed by atoms with Crippen LogP contribution in [0.3, 0.4) is 0 Å². The second-order valence-corrected chi connectivity index (χ2v) is 4.28. The molecule has 0 bridgehead atoms. The van der Waals surface area contributed by atoms with E-state index in [1.165, 1.54) is 12.1 Å². The van der Waals surface area contributed by atoms with Gasteiger partial charge in [0.2, 0.25) is 0 Å². The number of amides is 1. The first-order valence-electron chi connectivity index (χ1n) is 5.88. The average Bonchev–Trinajstić information content (AvgIpc) is 2.87. The van der Waals surface area contributed by atoms with Gasteiger partial charge in [0.05, 0.1) is 6.07 Å². The van der Waals surface area contributed by atoms with Gasteiger partial charge in [-0.1, -0.05) is 0 Å². The fraction of sp³-hybridized carbons (Fsp3) is 0.545. The van der Waals surface area contributed by atoms with Crippen molar-refractivity contribution >= 4 is 11.8 Å². The highest BCUT2D eigenvalue weighted by Crippen LogP contribution is 2.22. The third kappa shape index (κ3) is 2.35. The van der Waals surface area contributed by atoms with Crippen molar-refractivity contribution in [3.8, 4) is 0 Å². The van der Waals surface area contributed by atoms with Crippen molar-refractivity contribution in [1.29, 1.82) is 0 Å². The monoisotopic (exact) mass is 253 g/mol. The zero-order valence-corrected chi connectivity index (χ0v) is 9.87. The number of hydrogen-bond donors (Lipinski definition) is 1. The lowest BCUT2D eigenvalue weighted by atomic mass is 10.0. The fourth-order valence-electron chi connectivity index (χ4n) is 2.20. The molecule has 1 atom stereocenters. The molecule has 98 valence electrons. The summed E-state index contributed by atoms with van der Waals surface area (Å²) in [5.41, 5.74) is 5.63. The number of furan rings is 1. The topological polar surface area (TPSA) is 103 Å². The van der Waals surface area contributed by atoms with Gasteiger partial charge < -0.3 is 15.1 Å². The van der Waals surface area contributed by atoms with Crippen LogP contribution in [-0.2, 0) is 0 Å². The van der Waals surface area contributed by atoms with Crippen molar-refractivity contribution < 1.29 is 14.1 Å². The van der Waals surface area contributed by atoms with Gasteiger partial charge in [0, 0.05) is 19.1 Å². The second-order valence-electron chi connectivity index (χ2n) is 4.28. The van der Waals surface area contributed by atoms with Crippen LogP contribution in [0.1, 0.15) is 29.8 Å².